The second kappa shape index (κ2) is 7.45. The van der Waals surface area contributed by atoms with Crippen molar-refractivity contribution in [2.24, 2.45) is 0 Å². The summed E-state index contributed by atoms with van der Waals surface area (Å²) in [4.78, 5) is 0. The second-order valence-electron chi connectivity index (χ2n) is 5.29. The molecule has 2 aliphatic heterocycles. The number of methoxy groups -OCH3 is 1. The monoisotopic (exact) mass is 326 g/mol. The van der Waals surface area contributed by atoms with Crippen LogP contribution in [0, 0.1) is 0 Å². The van der Waals surface area contributed by atoms with Gasteiger partial charge < -0.3 is 49.6 Å². The standard InChI is InChI=1S/C12H22O10/c1-19-12-10(8(17)7(16)5(2-13)21-12)22-11-9(18)6(15)4(14)3-20-11/h4-18H,2-3H2,1H3/t4-,5-,6+,7-,8+,9-,10+,11+,12+/m1/s1. The van der Waals surface area contributed by atoms with Crippen molar-refractivity contribution >= 4 is 0 Å². The zero-order chi connectivity index (χ0) is 16.4. The Labute approximate surface area is 126 Å². The molecule has 0 aromatic carbocycles. The zero-order valence-corrected chi connectivity index (χ0v) is 11.9. The molecular weight excluding hydrogens is 304 g/mol. The smallest absolute Gasteiger partial charge is 0.186 e. The zero-order valence-electron chi connectivity index (χ0n) is 11.9. The van der Waals surface area contributed by atoms with Crippen LogP contribution in [0.5, 0.6) is 0 Å². The number of hydrogen-bond donors (Lipinski definition) is 6. The Hall–Kier alpha value is -0.400. The molecule has 2 aliphatic rings. The fourth-order valence-electron chi connectivity index (χ4n) is 2.44. The summed E-state index contributed by atoms with van der Waals surface area (Å²) in [6.07, 6.45) is -12.0. The first-order valence-electron chi connectivity index (χ1n) is 6.87. The molecule has 0 amide bonds. The minimum Gasteiger partial charge on any atom is -0.394 e. The SMILES string of the molecule is CO[C@H]1O[C@H](CO)[C@@H](O)[C@H](O)[C@@H]1O[C@@H]1OC[C@@H](O)[C@H](O)[C@H]1O. The molecule has 0 aromatic heterocycles. The van der Waals surface area contributed by atoms with Crippen molar-refractivity contribution in [1.29, 1.82) is 0 Å². The predicted molar refractivity (Wildman–Crippen MR) is 67.4 cm³/mol. The van der Waals surface area contributed by atoms with Gasteiger partial charge in [-0.3, -0.25) is 0 Å². The Morgan fingerprint density at radius 2 is 1.64 bits per heavy atom. The molecule has 10 nitrogen and oxygen atoms in total. The van der Waals surface area contributed by atoms with Gasteiger partial charge in [0.15, 0.2) is 12.6 Å². The lowest BCUT2D eigenvalue weighted by Gasteiger charge is -2.44. The molecule has 0 unspecified atom stereocenters. The van der Waals surface area contributed by atoms with Crippen LogP contribution >= 0.6 is 0 Å². The summed E-state index contributed by atoms with van der Waals surface area (Å²) in [5.41, 5.74) is 0. The van der Waals surface area contributed by atoms with Crippen molar-refractivity contribution in [3.8, 4) is 0 Å². The van der Waals surface area contributed by atoms with Crippen molar-refractivity contribution in [3.63, 3.8) is 0 Å². The highest BCUT2D eigenvalue weighted by molar-refractivity contribution is 4.91. The number of rotatable bonds is 4. The van der Waals surface area contributed by atoms with E-state index < -0.39 is 61.9 Å². The van der Waals surface area contributed by atoms with Gasteiger partial charge in [0.05, 0.1) is 13.2 Å². The van der Waals surface area contributed by atoms with E-state index in [1.54, 1.807) is 0 Å². The van der Waals surface area contributed by atoms with E-state index in [0.29, 0.717) is 0 Å². The van der Waals surface area contributed by atoms with Crippen LogP contribution in [0.15, 0.2) is 0 Å². The number of hydrogen-bond acceptors (Lipinski definition) is 10. The molecule has 2 fully saturated rings. The third kappa shape index (κ3) is 3.41. The van der Waals surface area contributed by atoms with Crippen molar-refractivity contribution < 1.29 is 49.6 Å². The normalized spacial score (nSPS) is 50.0. The molecule has 6 N–H and O–H groups in total. The highest BCUT2D eigenvalue weighted by atomic mass is 16.7. The Morgan fingerprint density at radius 3 is 2.23 bits per heavy atom. The van der Waals surface area contributed by atoms with Gasteiger partial charge in [-0.25, -0.2) is 0 Å². The molecule has 0 aliphatic carbocycles. The summed E-state index contributed by atoms with van der Waals surface area (Å²) in [6, 6.07) is 0. The van der Waals surface area contributed by atoms with Crippen LogP contribution in [0.2, 0.25) is 0 Å². The lowest BCUT2D eigenvalue weighted by atomic mass is 9.98. The van der Waals surface area contributed by atoms with Gasteiger partial charge in [-0.2, -0.15) is 0 Å². The Kier molecular flexibility index (Phi) is 6.07. The maximum atomic E-state index is 10.1. The molecule has 0 bridgehead atoms. The quantitative estimate of drug-likeness (QED) is 0.300. The van der Waals surface area contributed by atoms with Crippen LogP contribution < -0.4 is 0 Å². The molecule has 10 heteroatoms. The van der Waals surface area contributed by atoms with Gasteiger partial charge in [0.25, 0.3) is 0 Å². The van der Waals surface area contributed by atoms with E-state index in [1.165, 1.54) is 7.11 Å². The fraction of sp³-hybridized carbons (Fsp3) is 1.00. The van der Waals surface area contributed by atoms with Crippen LogP contribution in [-0.4, -0.2) is 106 Å². The van der Waals surface area contributed by atoms with Gasteiger partial charge in [0, 0.05) is 7.11 Å². The van der Waals surface area contributed by atoms with Gasteiger partial charge in [-0.15, -0.1) is 0 Å². The van der Waals surface area contributed by atoms with Crippen molar-refractivity contribution in [3.05, 3.63) is 0 Å². The molecule has 2 rings (SSSR count). The van der Waals surface area contributed by atoms with Crippen LogP contribution in [0.3, 0.4) is 0 Å². The van der Waals surface area contributed by atoms with Gasteiger partial charge in [0.2, 0.25) is 0 Å². The van der Waals surface area contributed by atoms with E-state index in [2.05, 4.69) is 0 Å². The molecular formula is C12H22O10. The minimum absolute atomic E-state index is 0.272. The first-order valence-corrected chi connectivity index (χ1v) is 6.87. The molecule has 0 aromatic rings. The lowest BCUT2D eigenvalue weighted by molar-refractivity contribution is -0.353. The molecule has 130 valence electrons. The molecule has 2 heterocycles. The number of aliphatic hydroxyl groups excluding tert-OH is 6. The van der Waals surface area contributed by atoms with Crippen LogP contribution in [0.25, 0.3) is 0 Å². The van der Waals surface area contributed by atoms with E-state index in [-0.39, 0.29) is 6.61 Å². The first kappa shape index (κ1) is 17.9. The van der Waals surface area contributed by atoms with Crippen molar-refractivity contribution in [2.45, 2.75) is 55.3 Å². The number of ether oxygens (including phenoxy) is 4. The lowest BCUT2D eigenvalue weighted by Crippen LogP contribution is -2.63. The van der Waals surface area contributed by atoms with Crippen molar-refractivity contribution in [2.75, 3.05) is 20.3 Å². The van der Waals surface area contributed by atoms with Crippen LogP contribution in [-0.2, 0) is 18.9 Å². The summed E-state index contributed by atoms with van der Waals surface area (Å²) >= 11 is 0. The van der Waals surface area contributed by atoms with E-state index in [0.717, 1.165) is 0 Å². The average Bonchev–Trinajstić information content (AvgIpc) is 2.52. The maximum Gasteiger partial charge on any atom is 0.186 e. The maximum absolute atomic E-state index is 10.1. The fourth-order valence-corrected chi connectivity index (χ4v) is 2.44. The predicted octanol–water partition coefficient (Wildman–Crippen LogP) is -4.10. The summed E-state index contributed by atoms with van der Waals surface area (Å²) < 4.78 is 20.7. The largest absolute Gasteiger partial charge is 0.394 e. The van der Waals surface area contributed by atoms with E-state index in [9.17, 15) is 25.5 Å². The third-order valence-electron chi connectivity index (χ3n) is 3.80. The Bertz CT molecular complexity index is 353. The molecule has 2 saturated heterocycles. The Morgan fingerprint density at radius 1 is 0.955 bits per heavy atom. The topological polar surface area (TPSA) is 158 Å². The highest BCUT2D eigenvalue weighted by Gasteiger charge is 2.48. The van der Waals surface area contributed by atoms with Gasteiger partial charge in [-0.1, -0.05) is 0 Å². The van der Waals surface area contributed by atoms with Gasteiger partial charge in [-0.05, 0) is 0 Å². The third-order valence-corrected chi connectivity index (χ3v) is 3.80. The molecule has 0 radical (unpaired) electrons. The number of aliphatic hydroxyl groups is 6. The summed E-state index contributed by atoms with van der Waals surface area (Å²) in [5.74, 6) is 0. The van der Waals surface area contributed by atoms with Gasteiger partial charge >= 0.3 is 0 Å². The van der Waals surface area contributed by atoms with E-state index in [1.807, 2.05) is 0 Å². The first-order chi connectivity index (χ1) is 10.4. The van der Waals surface area contributed by atoms with E-state index >= 15 is 0 Å². The second-order valence-corrected chi connectivity index (χ2v) is 5.29. The summed E-state index contributed by atoms with van der Waals surface area (Å²) in [7, 11) is 1.27. The van der Waals surface area contributed by atoms with Crippen molar-refractivity contribution in [1.82, 2.24) is 0 Å². The Balaban J connectivity index is 2.06. The highest BCUT2D eigenvalue weighted by Crippen LogP contribution is 2.27. The van der Waals surface area contributed by atoms with E-state index in [4.69, 9.17) is 24.1 Å². The minimum atomic E-state index is -1.55. The van der Waals surface area contributed by atoms with Crippen LogP contribution in [0.1, 0.15) is 0 Å². The van der Waals surface area contributed by atoms with Gasteiger partial charge in [0.1, 0.15) is 42.7 Å². The summed E-state index contributed by atoms with van der Waals surface area (Å²) in [6.45, 7) is -0.801. The summed E-state index contributed by atoms with van der Waals surface area (Å²) in [5, 5.41) is 57.8. The molecule has 0 spiro atoms. The molecule has 0 saturated carbocycles. The molecule has 9 atom stereocenters. The average molecular weight is 326 g/mol. The van der Waals surface area contributed by atoms with Crippen LogP contribution in [0.4, 0.5) is 0 Å². The molecule has 22 heavy (non-hydrogen) atoms.